The molecular weight excluding hydrogens is 383 g/mol. The van der Waals surface area contributed by atoms with Crippen molar-refractivity contribution in [1.82, 2.24) is 0 Å². The molecule has 0 radical (unpaired) electrons. The lowest BCUT2D eigenvalue weighted by Crippen LogP contribution is -2.01. The summed E-state index contributed by atoms with van der Waals surface area (Å²) in [7, 11) is 3.06. The molecule has 0 N–H and O–H groups in total. The third-order valence-electron chi connectivity index (χ3n) is 4.89. The highest BCUT2D eigenvalue weighted by Crippen LogP contribution is 2.44. The molecular formula is C25H25FO4. The fourth-order valence-electron chi connectivity index (χ4n) is 3.35. The van der Waals surface area contributed by atoms with E-state index in [0.717, 1.165) is 36.0 Å². The van der Waals surface area contributed by atoms with Crippen molar-refractivity contribution in [1.29, 1.82) is 0 Å². The zero-order valence-corrected chi connectivity index (χ0v) is 17.4. The Balaban J connectivity index is 2.10. The lowest BCUT2D eigenvalue weighted by Gasteiger charge is -2.19. The molecule has 3 aromatic carbocycles. The number of hydrogen-bond acceptors (Lipinski definition) is 4. The van der Waals surface area contributed by atoms with E-state index in [-0.39, 0.29) is 5.82 Å². The van der Waals surface area contributed by atoms with Crippen LogP contribution in [0.15, 0.2) is 54.6 Å². The molecule has 0 saturated heterocycles. The number of carbonyl (C=O) groups excluding carboxylic acids is 1. The monoisotopic (exact) mass is 408 g/mol. The van der Waals surface area contributed by atoms with Crippen LogP contribution < -0.4 is 14.2 Å². The molecule has 0 saturated carbocycles. The van der Waals surface area contributed by atoms with Crippen LogP contribution in [-0.2, 0) is 0 Å². The van der Waals surface area contributed by atoms with Gasteiger partial charge in [-0.1, -0.05) is 37.6 Å². The first kappa shape index (κ1) is 21.4. The number of methoxy groups -OCH3 is 2. The molecule has 156 valence electrons. The van der Waals surface area contributed by atoms with Crippen molar-refractivity contribution >= 4 is 6.29 Å². The summed E-state index contributed by atoms with van der Waals surface area (Å²) in [6.45, 7) is 2.78. The lowest BCUT2D eigenvalue weighted by molar-refractivity contribution is 0.112. The molecule has 30 heavy (non-hydrogen) atoms. The van der Waals surface area contributed by atoms with Crippen molar-refractivity contribution in [2.75, 3.05) is 20.8 Å². The molecule has 0 spiro atoms. The van der Waals surface area contributed by atoms with Crippen molar-refractivity contribution in [2.45, 2.75) is 19.8 Å². The van der Waals surface area contributed by atoms with E-state index < -0.39 is 0 Å². The Morgan fingerprint density at radius 1 is 0.933 bits per heavy atom. The van der Waals surface area contributed by atoms with Crippen molar-refractivity contribution in [2.24, 2.45) is 0 Å². The lowest BCUT2D eigenvalue weighted by atomic mass is 9.93. The number of hydrogen-bond donors (Lipinski definition) is 0. The Bertz CT molecular complexity index is 995. The zero-order valence-electron chi connectivity index (χ0n) is 17.4. The fraction of sp³-hybridized carbons (Fsp3) is 0.240. The molecule has 0 aliphatic heterocycles. The summed E-state index contributed by atoms with van der Waals surface area (Å²) in [5.74, 6) is 1.37. The van der Waals surface area contributed by atoms with Gasteiger partial charge in [0.05, 0.1) is 26.4 Å². The summed E-state index contributed by atoms with van der Waals surface area (Å²) >= 11 is 0. The van der Waals surface area contributed by atoms with Gasteiger partial charge in [0, 0.05) is 11.1 Å². The van der Waals surface area contributed by atoms with Gasteiger partial charge in [-0.3, -0.25) is 4.79 Å². The molecule has 0 amide bonds. The Labute approximate surface area is 176 Å². The number of ether oxygens (including phenoxy) is 3. The molecule has 0 unspecified atom stereocenters. The summed E-state index contributed by atoms with van der Waals surface area (Å²) in [6.07, 6.45) is 2.82. The summed E-state index contributed by atoms with van der Waals surface area (Å²) in [6, 6.07) is 15.4. The van der Waals surface area contributed by atoms with Crippen molar-refractivity contribution in [3.05, 3.63) is 66.0 Å². The third kappa shape index (κ3) is 4.46. The summed E-state index contributed by atoms with van der Waals surface area (Å²) in [5.41, 5.74) is 3.19. The van der Waals surface area contributed by atoms with E-state index in [2.05, 4.69) is 6.92 Å². The molecule has 4 nitrogen and oxygen atoms in total. The predicted molar refractivity (Wildman–Crippen MR) is 116 cm³/mol. The van der Waals surface area contributed by atoms with Crippen LogP contribution in [0.1, 0.15) is 30.1 Å². The van der Waals surface area contributed by atoms with Gasteiger partial charge in [0.15, 0.2) is 6.29 Å². The minimum Gasteiger partial charge on any atom is -0.496 e. The van der Waals surface area contributed by atoms with Gasteiger partial charge in [0.2, 0.25) is 0 Å². The van der Waals surface area contributed by atoms with Gasteiger partial charge in [0.25, 0.3) is 0 Å². The first-order valence-corrected chi connectivity index (χ1v) is 9.86. The Hall–Kier alpha value is -3.34. The summed E-state index contributed by atoms with van der Waals surface area (Å²) in [5, 5.41) is 0. The number of aldehydes is 1. The number of benzene rings is 3. The van der Waals surface area contributed by atoms with Crippen molar-refractivity contribution < 1.29 is 23.4 Å². The average Bonchev–Trinajstić information content (AvgIpc) is 2.78. The van der Waals surface area contributed by atoms with E-state index in [1.54, 1.807) is 25.3 Å². The quantitative estimate of drug-likeness (QED) is 0.314. The van der Waals surface area contributed by atoms with E-state index >= 15 is 0 Å². The maximum atomic E-state index is 13.4. The Morgan fingerprint density at radius 2 is 1.60 bits per heavy atom. The molecule has 0 heterocycles. The molecule has 0 fully saturated rings. The molecule has 0 aromatic heterocycles. The summed E-state index contributed by atoms with van der Waals surface area (Å²) in [4.78, 5) is 12.1. The predicted octanol–water partition coefficient (Wildman–Crippen LogP) is 6.17. The highest BCUT2D eigenvalue weighted by Gasteiger charge is 2.21. The van der Waals surface area contributed by atoms with Crippen LogP contribution >= 0.6 is 0 Å². The molecule has 0 aliphatic rings. The van der Waals surface area contributed by atoms with Gasteiger partial charge in [-0.15, -0.1) is 0 Å². The number of unbranched alkanes of at least 4 members (excludes halogenated alkanes) is 1. The highest BCUT2D eigenvalue weighted by atomic mass is 19.1. The van der Waals surface area contributed by atoms with Crippen LogP contribution in [0.3, 0.4) is 0 Å². The van der Waals surface area contributed by atoms with Crippen LogP contribution in [0.2, 0.25) is 0 Å². The van der Waals surface area contributed by atoms with Gasteiger partial charge < -0.3 is 14.2 Å². The van der Waals surface area contributed by atoms with E-state index in [9.17, 15) is 9.18 Å². The van der Waals surface area contributed by atoms with Gasteiger partial charge >= 0.3 is 0 Å². The van der Waals surface area contributed by atoms with Crippen molar-refractivity contribution in [3.8, 4) is 39.5 Å². The average molecular weight is 408 g/mol. The standard InChI is InChI=1S/C25H25FO4/c1-4-5-14-30-20-12-8-18(9-13-20)24-22(16-27)25(29-3)21(15-23(24)28-2)17-6-10-19(26)11-7-17/h6-13,15-16H,4-5,14H2,1-3H3. The van der Waals surface area contributed by atoms with Crippen LogP contribution in [-0.4, -0.2) is 27.1 Å². The number of halogens is 1. The first-order chi connectivity index (χ1) is 14.6. The van der Waals surface area contributed by atoms with Crippen molar-refractivity contribution in [3.63, 3.8) is 0 Å². The number of carbonyl (C=O) groups is 1. The number of rotatable bonds is 9. The molecule has 3 aromatic rings. The van der Waals surface area contributed by atoms with Crippen LogP contribution in [0.5, 0.6) is 17.2 Å². The van der Waals surface area contributed by atoms with Gasteiger partial charge in [-0.2, -0.15) is 0 Å². The maximum Gasteiger partial charge on any atom is 0.154 e. The van der Waals surface area contributed by atoms with Gasteiger partial charge in [-0.25, -0.2) is 4.39 Å². The topological polar surface area (TPSA) is 44.8 Å². The zero-order chi connectivity index (χ0) is 21.5. The van der Waals surface area contributed by atoms with Crippen LogP contribution in [0.4, 0.5) is 4.39 Å². The minimum absolute atomic E-state index is 0.335. The second-order valence-electron chi connectivity index (χ2n) is 6.80. The molecule has 0 atom stereocenters. The normalized spacial score (nSPS) is 10.5. The van der Waals surface area contributed by atoms with E-state index in [1.165, 1.54) is 19.2 Å². The van der Waals surface area contributed by atoms with Crippen LogP contribution in [0.25, 0.3) is 22.3 Å². The van der Waals surface area contributed by atoms with E-state index in [1.807, 2.05) is 24.3 Å². The summed E-state index contributed by atoms with van der Waals surface area (Å²) < 4.78 is 30.3. The molecule has 5 heteroatoms. The Morgan fingerprint density at radius 3 is 2.17 bits per heavy atom. The Kier molecular flexibility index (Phi) is 7.07. The molecule has 0 bridgehead atoms. The van der Waals surface area contributed by atoms with E-state index in [0.29, 0.717) is 34.8 Å². The van der Waals surface area contributed by atoms with E-state index in [4.69, 9.17) is 14.2 Å². The fourth-order valence-corrected chi connectivity index (χ4v) is 3.35. The third-order valence-corrected chi connectivity index (χ3v) is 4.89. The smallest absolute Gasteiger partial charge is 0.154 e. The molecule has 3 rings (SSSR count). The molecule has 0 aliphatic carbocycles. The first-order valence-electron chi connectivity index (χ1n) is 9.86. The maximum absolute atomic E-state index is 13.4. The van der Waals surface area contributed by atoms with Crippen LogP contribution in [0, 0.1) is 5.82 Å². The second kappa shape index (κ2) is 9.92. The minimum atomic E-state index is -0.335. The second-order valence-corrected chi connectivity index (χ2v) is 6.80. The highest BCUT2D eigenvalue weighted by molar-refractivity contribution is 5.98. The van der Waals surface area contributed by atoms with Gasteiger partial charge in [0.1, 0.15) is 23.1 Å². The largest absolute Gasteiger partial charge is 0.496 e. The SMILES string of the molecule is CCCCOc1ccc(-c2c(OC)cc(-c3ccc(F)cc3)c(OC)c2C=O)cc1. The van der Waals surface area contributed by atoms with Gasteiger partial charge in [-0.05, 0) is 47.9 Å².